The highest BCUT2D eigenvalue weighted by atomic mass is 16.3. The molecule has 180 valence electrons. The number of carbonyl (C=O) groups excluding carboxylic acids is 2. The maximum absolute atomic E-state index is 13.9. The Bertz CT molecular complexity index is 1480. The lowest BCUT2D eigenvalue weighted by Gasteiger charge is -2.34. The van der Waals surface area contributed by atoms with Crippen LogP contribution in [0.15, 0.2) is 58.1 Å². The summed E-state index contributed by atoms with van der Waals surface area (Å²) in [6.45, 7) is 1.73. The topological polar surface area (TPSA) is 80.7 Å². The van der Waals surface area contributed by atoms with Crippen LogP contribution in [0.25, 0.3) is 21.8 Å². The van der Waals surface area contributed by atoms with Crippen LogP contribution in [-0.4, -0.2) is 56.9 Å². The van der Waals surface area contributed by atoms with Gasteiger partial charge in [0.05, 0.1) is 11.8 Å². The van der Waals surface area contributed by atoms with Crippen molar-refractivity contribution in [1.82, 2.24) is 18.9 Å². The van der Waals surface area contributed by atoms with Gasteiger partial charge < -0.3 is 23.4 Å². The minimum Gasteiger partial charge on any atom is -0.459 e. The number of furan rings is 1. The van der Waals surface area contributed by atoms with Gasteiger partial charge in [0.2, 0.25) is 0 Å². The molecule has 4 heterocycles. The largest absolute Gasteiger partial charge is 0.459 e. The first kappa shape index (κ1) is 21.7. The SMILES string of the molecule is Cn1c2ccccc2c2c(C(=O)N3CCN(C(=O)c4ccco4)CC3)cn(C3CCCC3)c(=O)c21. The van der Waals surface area contributed by atoms with E-state index in [-0.39, 0.29) is 23.4 Å². The van der Waals surface area contributed by atoms with E-state index in [4.69, 9.17) is 4.42 Å². The van der Waals surface area contributed by atoms with Crippen LogP contribution in [0.3, 0.4) is 0 Å². The summed E-state index contributed by atoms with van der Waals surface area (Å²) >= 11 is 0. The number of aryl methyl sites for hydroxylation is 1. The van der Waals surface area contributed by atoms with E-state index >= 15 is 0 Å². The van der Waals surface area contributed by atoms with E-state index in [0.717, 1.165) is 42.0 Å². The summed E-state index contributed by atoms with van der Waals surface area (Å²) in [5.41, 5.74) is 2.05. The van der Waals surface area contributed by atoms with Crippen molar-refractivity contribution in [2.45, 2.75) is 31.7 Å². The number of nitrogens with zero attached hydrogens (tertiary/aromatic N) is 4. The number of carbonyl (C=O) groups is 2. The van der Waals surface area contributed by atoms with Gasteiger partial charge in [-0.1, -0.05) is 31.0 Å². The van der Waals surface area contributed by atoms with E-state index in [2.05, 4.69) is 0 Å². The van der Waals surface area contributed by atoms with Gasteiger partial charge in [-0.15, -0.1) is 0 Å². The number of para-hydroxylation sites is 1. The minimum absolute atomic E-state index is 0.0315. The molecule has 1 saturated carbocycles. The van der Waals surface area contributed by atoms with E-state index in [0.29, 0.717) is 43.0 Å². The van der Waals surface area contributed by atoms with E-state index in [9.17, 15) is 14.4 Å². The molecule has 2 amide bonds. The monoisotopic (exact) mass is 472 g/mol. The number of pyridine rings is 1. The van der Waals surface area contributed by atoms with Gasteiger partial charge in [-0.05, 0) is 31.0 Å². The third-order valence-corrected chi connectivity index (χ3v) is 7.62. The van der Waals surface area contributed by atoms with Crippen LogP contribution in [0.5, 0.6) is 0 Å². The second-order valence-electron chi connectivity index (χ2n) is 9.55. The zero-order valence-corrected chi connectivity index (χ0v) is 19.8. The Labute approximate surface area is 202 Å². The molecular formula is C27H28N4O4. The number of aromatic nitrogens is 2. The Hall–Kier alpha value is -3.81. The summed E-state index contributed by atoms with van der Waals surface area (Å²) in [6, 6.07) is 11.3. The van der Waals surface area contributed by atoms with Crippen molar-refractivity contribution in [2.75, 3.05) is 26.2 Å². The molecule has 8 nitrogen and oxygen atoms in total. The summed E-state index contributed by atoms with van der Waals surface area (Å²) in [6.07, 6.45) is 7.39. The fourth-order valence-corrected chi connectivity index (χ4v) is 5.76. The van der Waals surface area contributed by atoms with Crippen molar-refractivity contribution in [3.63, 3.8) is 0 Å². The number of hydrogen-bond acceptors (Lipinski definition) is 4. The van der Waals surface area contributed by atoms with Crippen molar-refractivity contribution in [2.24, 2.45) is 7.05 Å². The number of rotatable bonds is 3. The third-order valence-electron chi connectivity index (χ3n) is 7.62. The van der Waals surface area contributed by atoms with Gasteiger partial charge >= 0.3 is 0 Å². The molecule has 4 aromatic rings. The second kappa shape index (κ2) is 8.45. The fraction of sp³-hybridized carbons (Fsp3) is 0.370. The van der Waals surface area contributed by atoms with Gasteiger partial charge in [0, 0.05) is 61.8 Å². The Morgan fingerprint density at radius 1 is 0.914 bits per heavy atom. The summed E-state index contributed by atoms with van der Waals surface area (Å²) in [5.74, 6) is 0.0578. The average molecular weight is 473 g/mol. The quantitative estimate of drug-likeness (QED) is 0.454. The first-order valence-corrected chi connectivity index (χ1v) is 12.3. The molecule has 2 aliphatic rings. The van der Waals surface area contributed by atoms with Gasteiger partial charge in [0.1, 0.15) is 5.52 Å². The lowest BCUT2D eigenvalue weighted by Crippen LogP contribution is -2.50. The highest BCUT2D eigenvalue weighted by Crippen LogP contribution is 2.33. The smallest absolute Gasteiger partial charge is 0.289 e. The van der Waals surface area contributed by atoms with E-state index in [1.807, 2.05) is 35.9 Å². The molecule has 1 aliphatic heterocycles. The second-order valence-corrected chi connectivity index (χ2v) is 9.55. The molecular weight excluding hydrogens is 444 g/mol. The number of piperazine rings is 1. The van der Waals surface area contributed by atoms with Crippen LogP contribution in [0.1, 0.15) is 52.6 Å². The molecule has 0 radical (unpaired) electrons. The molecule has 0 unspecified atom stereocenters. The van der Waals surface area contributed by atoms with Crippen molar-refractivity contribution in [3.05, 3.63) is 70.5 Å². The lowest BCUT2D eigenvalue weighted by molar-refractivity contribution is 0.0518. The molecule has 1 aromatic carbocycles. The zero-order valence-electron chi connectivity index (χ0n) is 19.8. The van der Waals surface area contributed by atoms with E-state index in [1.165, 1.54) is 6.26 Å². The minimum atomic E-state index is -0.159. The standard InChI is InChI=1S/C27H28N4O4/c1-28-21-10-5-4-9-19(21)23-20(17-31(27(34)24(23)28)18-7-2-3-8-18)25(32)29-12-14-30(15-13-29)26(33)22-11-6-16-35-22/h4-6,9-11,16-18H,2-3,7-8,12-15H2,1H3. The van der Waals surface area contributed by atoms with Gasteiger partial charge in [-0.2, -0.15) is 0 Å². The maximum Gasteiger partial charge on any atom is 0.289 e. The first-order chi connectivity index (χ1) is 17.0. The Kier molecular flexibility index (Phi) is 5.24. The molecule has 1 saturated heterocycles. The molecule has 8 heteroatoms. The summed E-state index contributed by atoms with van der Waals surface area (Å²) < 4.78 is 8.98. The van der Waals surface area contributed by atoms with Crippen LogP contribution in [-0.2, 0) is 7.05 Å². The summed E-state index contributed by atoms with van der Waals surface area (Å²) in [4.78, 5) is 43.7. The Morgan fingerprint density at radius 2 is 1.60 bits per heavy atom. The normalized spacial score (nSPS) is 17.1. The zero-order chi connectivity index (χ0) is 24.1. The van der Waals surface area contributed by atoms with E-state index < -0.39 is 0 Å². The lowest BCUT2D eigenvalue weighted by atomic mass is 10.1. The molecule has 3 aromatic heterocycles. The van der Waals surface area contributed by atoms with Crippen molar-refractivity contribution in [1.29, 1.82) is 0 Å². The molecule has 2 fully saturated rings. The average Bonchev–Trinajstić information content (AvgIpc) is 3.66. The first-order valence-electron chi connectivity index (χ1n) is 12.3. The Morgan fingerprint density at radius 3 is 2.29 bits per heavy atom. The predicted octanol–water partition coefficient (Wildman–Crippen LogP) is 3.80. The van der Waals surface area contributed by atoms with Crippen molar-refractivity contribution < 1.29 is 14.0 Å². The van der Waals surface area contributed by atoms with Gasteiger partial charge in [0.25, 0.3) is 17.4 Å². The molecule has 0 spiro atoms. The number of hydrogen-bond donors (Lipinski definition) is 0. The Balaban J connectivity index is 1.40. The maximum atomic E-state index is 13.9. The van der Waals surface area contributed by atoms with Gasteiger partial charge in [0.15, 0.2) is 5.76 Å². The van der Waals surface area contributed by atoms with Crippen molar-refractivity contribution in [3.8, 4) is 0 Å². The van der Waals surface area contributed by atoms with E-state index in [1.54, 1.807) is 32.7 Å². The van der Waals surface area contributed by atoms with Crippen LogP contribution in [0, 0.1) is 0 Å². The predicted molar refractivity (Wildman–Crippen MR) is 133 cm³/mol. The third kappa shape index (κ3) is 3.47. The number of amides is 2. The van der Waals surface area contributed by atoms with Crippen molar-refractivity contribution >= 4 is 33.6 Å². The molecule has 6 rings (SSSR count). The number of benzene rings is 1. The summed E-state index contributed by atoms with van der Waals surface area (Å²) in [7, 11) is 1.90. The molecule has 0 bridgehead atoms. The number of fused-ring (bicyclic) bond motifs is 3. The molecule has 1 aliphatic carbocycles. The summed E-state index contributed by atoms with van der Waals surface area (Å²) in [5, 5.41) is 1.64. The van der Waals surface area contributed by atoms with Gasteiger partial charge in [-0.25, -0.2) is 0 Å². The molecule has 35 heavy (non-hydrogen) atoms. The molecule has 0 atom stereocenters. The highest BCUT2D eigenvalue weighted by molar-refractivity contribution is 6.17. The van der Waals surface area contributed by atoms with Gasteiger partial charge in [-0.3, -0.25) is 14.4 Å². The van der Waals surface area contributed by atoms with Crippen LogP contribution >= 0.6 is 0 Å². The fourth-order valence-electron chi connectivity index (χ4n) is 5.76. The molecule has 0 N–H and O–H groups in total. The highest BCUT2D eigenvalue weighted by Gasteiger charge is 2.30. The van der Waals surface area contributed by atoms with Crippen LogP contribution in [0.2, 0.25) is 0 Å². The van der Waals surface area contributed by atoms with Crippen LogP contribution in [0.4, 0.5) is 0 Å². The van der Waals surface area contributed by atoms with Crippen LogP contribution < -0.4 is 5.56 Å².